The minimum atomic E-state index is -0.883. The Kier molecular flexibility index (Phi) is 3.55. The molecule has 0 saturated carbocycles. The molecular weight excluding hydrogens is 294 g/mol. The summed E-state index contributed by atoms with van der Waals surface area (Å²) in [5.41, 5.74) is 1.63. The third-order valence-electron chi connectivity index (χ3n) is 3.29. The van der Waals surface area contributed by atoms with Gasteiger partial charge in [-0.1, -0.05) is 6.07 Å². The molecule has 0 radical (unpaired) electrons. The molecule has 0 N–H and O–H groups in total. The summed E-state index contributed by atoms with van der Waals surface area (Å²) in [7, 11) is 0. The summed E-state index contributed by atoms with van der Waals surface area (Å²) in [5, 5.41) is 0.877. The standard InChI is InChI=1S/C15H12F2N2OS/c1-8-9(2)21-15-13(8)14(18-7-19-15)20-6-10-3-4-11(16)12(17)5-10/h3-5,7H,6H2,1-2H3. The van der Waals surface area contributed by atoms with Crippen molar-refractivity contribution in [1.82, 2.24) is 9.97 Å². The van der Waals surface area contributed by atoms with Gasteiger partial charge in [0.15, 0.2) is 11.6 Å². The van der Waals surface area contributed by atoms with E-state index >= 15 is 0 Å². The molecule has 6 heteroatoms. The normalized spacial score (nSPS) is 11.0. The molecule has 0 fully saturated rings. The number of benzene rings is 1. The van der Waals surface area contributed by atoms with E-state index in [4.69, 9.17) is 4.74 Å². The molecule has 0 bridgehead atoms. The van der Waals surface area contributed by atoms with Crippen molar-refractivity contribution in [2.24, 2.45) is 0 Å². The van der Waals surface area contributed by atoms with Crippen LogP contribution in [0.25, 0.3) is 10.2 Å². The van der Waals surface area contributed by atoms with Crippen molar-refractivity contribution in [2.75, 3.05) is 0 Å². The Hall–Kier alpha value is -2.08. The van der Waals surface area contributed by atoms with Gasteiger partial charge in [0.25, 0.3) is 0 Å². The smallest absolute Gasteiger partial charge is 0.225 e. The molecule has 0 amide bonds. The van der Waals surface area contributed by atoms with Gasteiger partial charge in [0.2, 0.25) is 5.88 Å². The maximum atomic E-state index is 13.2. The molecule has 2 heterocycles. The third-order valence-corrected chi connectivity index (χ3v) is 4.41. The molecule has 1 aromatic carbocycles. The Labute approximate surface area is 124 Å². The fourth-order valence-corrected chi connectivity index (χ4v) is 3.03. The first-order chi connectivity index (χ1) is 10.1. The predicted molar refractivity (Wildman–Crippen MR) is 77.6 cm³/mol. The van der Waals surface area contributed by atoms with E-state index in [1.54, 1.807) is 11.3 Å². The van der Waals surface area contributed by atoms with Crippen LogP contribution < -0.4 is 4.74 Å². The number of rotatable bonds is 3. The Morgan fingerprint density at radius 2 is 1.95 bits per heavy atom. The van der Waals surface area contributed by atoms with Crippen LogP contribution in [-0.2, 0) is 6.61 Å². The average molecular weight is 306 g/mol. The summed E-state index contributed by atoms with van der Waals surface area (Å²) in [5.74, 6) is -1.29. The van der Waals surface area contributed by atoms with Crippen LogP contribution in [0.1, 0.15) is 16.0 Å². The molecule has 0 atom stereocenters. The number of aryl methyl sites for hydroxylation is 2. The first-order valence-corrected chi connectivity index (χ1v) is 7.15. The fraction of sp³-hybridized carbons (Fsp3) is 0.200. The number of nitrogens with zero attached hydrogens (tertiary/aromatic N) is 2. The van der Waals surface area contributed by atoms with Crippen molar-refractivity contribution in [3.05, 3.63) is 52.2 Å². The summed E-state index contributed by atoms with van der Waals surface area (Å²) in [6, 6.07) is 3.70. The van der Waals surface area contributed by atoms with Crippen LogP contribution >= 0.6 is 11.3 Å². The number of hydrogen-bond acceptors (Lipinski definition) is 4. The monoisotopic (exact) mass is 306 g/mol. The number of hydrogen-bond donors (Lipinski definition) is 0. The van der Waals surface area contributed by atoms with E-state index in [2.05, 4.69) is 9.97 Å². The highest BCUT2D eigenvalue weighted by atomic mass is 32.1. The number of halogens is 2. The lowest BCUT2D eigenvalue weighted by Gasteiger charge is -2.07. The minimum Gasteiger partial charge on any atom is -0.472 e. The van der Waals surface area contributed by atoms with Gasteiger partial charge >= 0.3 is 0 Å². The van der Waals surface area contributed by atoms with Crippen molar-refractivity contribution >= 4 is 21.6 Å². The van der Waals surface area contributed by atoms with E-state index < -0.39 is 11.6 Å². The second-order valence-corrected chi connectivity index (χ2v) is 5.88. The zero-order chi connectivity index (χ0) is 15.0. The summed E-state index contributed by atoms with van der Waals surface area (Å²) >= 11 is 1.58. The molecule has 3 aromatic rings. The topological polar surface area (TPSA) is 35.0 Å². The van der Waals surface area contributed by atoms with Gasteiger partial charge in [-0.25, -0.2) is 18.7 Å². The van der Waals surface area contributed by atoms with Crippen LogP contribution in [0, 0.1) is 25.5 Å². The molecule has 3 nitrogen and oxygen atoms in total. The van der Waals surface area contributed by atoms with Crippen LogP contribution in [-0.4, -0.2) is 9.97 Å². The van der Waals surface area contributed by atoms with Gasteiger partial charge in [0.1, 0.15) is 17.8 Å². The second kappa shape index (κ2) is 5.37. The van der Waals surface area contributed by atoms with Crippen LogP contribution in [0.15, 0.2) is 24.5 Å². The first kappa shape index (κ1) is 13.9. The lowest BCUT2D eigenvalue weighted by Crippen LogP contribution is -1.99. The second-order valence-electron chi connectivity index (χ2n) is 4.68. The number of thiophene rings is 1. The quantitative estimate of drug-likeness (QED) is 0.728. The molecule has 21 heavy (non-hydrogen) atoms. The lowest BCUT2D eigenvalue weighted by atomic mass is 10.2. The summed E-state index contributed by atoms with van der Waals surface area (Å²) < 4.78 is 31.7. The fourth-order valence-electron chi connectivity index (χ4n) is 2.04. The van der Waals surface area contributed by atoms with Crippen molar-refractivity contribution < 1.29 is 13.5 Å². The lowest BCUT2D eigenvalue weighted by molar-refractivity contribution is 0.296. The Balaban J connectivity index is 1.90. The number of aromatic nitrogens is 2. The molecule has 0 aliphatic rings. The predicted octanol–water partition coefficient (Wildman–Crippen LogP) is 4.17. The van der Waals surface area contributed by atoms with Gasteiger partial charge in [0, 0.05) is 4.88 Å². The van der Waals surface area contributed by atoms with Gasteiger partial charge in [0.05, 0.1) is 5.39 Å². The molecule has 2 aromatic heterocycles. The van der Waals surface area contributed by atoms with Gasteiger partial charge in [-0.05, 0) is 37.1 Å². The van der Waals surface area contributed by atoms with E-state index in [-0.39, 0.29) is 6.61 Å². The Morgan fingerprint density at radius 1 is 1.14 bits per heavy atom. The molecule has 3 rings (SSSR count). The van der Waals surface area contributed by atoms with Gasteiger partial charge in [-0.3, -0.25) is 0 Å². The van der Waals surface area contributed by atoms with E-state index in [9.17, 15) is 8.78 Å². The Morgan fingerprint density at radius 3 is 2.71 bits per heavy atom. The molecular formula is C15H12F2N2OS. The molecule has 0 aliphatic carbocycles. The zero-order valence-corrected chi connectivity index (χ0v) is 12.3. The van der Waals surface area contributed by atoms with E-state index in [0.717, 1.165) is 32.8 Å². The van der Waals surface area contributed by atoms with Crippen molar-refractivity contribution in [3.8, 4) is 5.88 Å². The molecule has 108 valence electrons. The highest BCUT2D eigenvalue weighted by Crippen LogP contribution is 2.33. The highest BCUT2D eigenvalue weighted by molar-refractivity contribution is 7.18. The van der Waals surface area contributed by atoms with Crippen LogP contribution in [0.5, 0.6) is 5.88 Å². The van der Waals surface area contributed by atoms with Gasteiger partial charge < -0.3 is 4.74 Å². The number of fused-ring (bicyclic) bond motifs is 1. The number of ether oxygens (including phenoxy) is 1. The van der Waals surface area contributed by atoms with Crippen LogP contribution in [0.4, 0.5) is 8.78 Å². The maximum absolute atomic E-state index is 13.2. The highest BCUT2D eigenvalue weighted by Gasteiger charge is 2.13. The minimum absolute atomic E-state index is 0.123. The SMILES string of the molecule is Cc1sc2ncnc(OCc3ccc(F)c(F)c3)c2c1C. The Bertz CT molecular complexity index is 817. The van der Waals surface area contributed by atoms with Crippen molar-refractivity contribution in [1.29, 1.82) is 0 Å². The first-order valence-electron chi connectivity index (χ1n) is 6.33. The molecule has 0 saturated heterocycles. The molecule has 0 spiro atoms. The molecule has 0 aliphatic heterocycles. The summed E-state index contributed by atoms with van der Waals surface area (Å²) in [6.07, 6.45) is 1.44. The largest absolute Gasteiger partial charge is 0.472 e. The van der Waals surface area contributed by atoms with Crippen LogP contribution in [0.3, 0.4) is 0 Å². The van der Waals surface area contributed by atoms with Crippen LogP contribution in [0.2, 0.25) is 0 Å². The zero-order valence-electron chi connectivity index (χ0n) is 11.5. The van der Waals surface area contributed by atoms with E-state index in [1.807, 2.05) is 13.8 Å². The maximum Gasteiger partial charge on any atom is 0.225 e. The van der Waals surface area contributed by atoms with Gasteiger partial charge in [-0.2, -0.15) is 0 Å². The van der Waals surface area contributed by atoms with Crippen molar-refractivity contribution in [2.45, 2.75) is 20.5 Å². The van der Waals surface area contributed by atoms with Crippen molar-refractivity contribution in [3.63, 3.8) is 0 Å². The van der Waals surface area contributed by atoms with Gasteiger partial charge in [-0.15, -0.1) is 11.3 Å². The van der Waals surface area contributed by atoms with E-state index in [1.165, 1.54) is 12.4 Å². The third kappa shape index (κ3) is 2.58. The molecule has 0 unspecified atom stereocenters. The summed E-state index contributed by atoms with van der Waals surface area (Å²) in [4.78, 5) is 10.4. The average Bonchev–Trinajstić information content (AvgIpc) is 2.76. The van der Waals surface area contributed by atoms with E-state index in [0.29, 0.717) is 11.4 Å². The summed E-state index contributed by atoms with van der Waals surface area (Å²) in [6.45, 7) is 4.13.